The van der Waals surface area contributed by atoms with E-state index in [1.54, 1.807) is 7.05 Å². The van der Waals surface area contributed by atoms with Crippen LogP contribution < -0.4 is 15.5 Å². The first-order chi connectivity index (χ1) is 15.0. The molecule has 1 aliphatic rings. The van der Waals surface area contributed by atoms with E-state index in [0.29, 0.717) is 18.9 Å². The molecule has 1 atom stereocenters. The number of nitrogens with one attached hydrogen (secondary N) is 2. The molecular formula is C24H34N4O2S. The standard InChI is InChI=1S/C24H34N4O2S/c1-20(22-12-8-13-23(18-22)28-15-6-7-16-28)27-24(25-2)26-14-9-17-31(29,30)19-21-10-4-3-5-11-21/h3-5,8,10-13,18,20H,6-7,9,14-17,19H2,1-2H3,(H2,25,26,27). The summed E-state index contributed by atoms with van der Waals surface area (Å²) in [5.41, 5.74) is 3.31. The number of anilines is 1. The second-order valence-electron chi connectivity index (χ2n) is 8.09. The predicted molar refractivity (Wildman–Crippen MR) is 129 cm³/mol. The van der Waals surface area contributed by atoms with E-state index in [2.05, 4.69) is 51.7 Å². The molecule has 0 radical (unpaired) electrons. The number of benzene rings is 2. The molecule has 0 bridgehead atoms. The molecular weight excluding hydrogens is 408 g/mol. The quantitative estimate of drug-likeness (QED) is 0.353. The van der Waals surface area contributed by atoms with Crippen molar-refractivity contribution in [3.63, 3.8) is 0 Å². The molecule has 31 heavy (non-hydrogen) atoms. The van der Waals surface area contributed by atoms with Gasteiger partial charge < -0.3 is 15.5 Å². The maximum Gasteiger partial charge on any atom is 0.191 e. The van der Waals surface area contributed by atoms with Gasteiger partial charge in [0.25, 0.3) is 0 Å². The van der Waals surface area contributed by atoms with Crippen LogP contribution in [0.3, 0.4) is 0 Å². The highest BCUT2D eigenvalue weighted by Gasteiger charge is 2.15. The van der Waals surface area contributed by atoms with Gasteiger partial charge in [0.05, 0.1) is 17.5 Å². The van der Waals surface area contributed by atoms with Crippen LogP contribution in [0.15, 0.2) is 59.6 Å². The molecule has 3 rings (SSSR count). The average Bonchev–Trinajstić information content (AvgIpc) is 3.31. The molecule has 1 fully saturated rings. The van der Waals surface area contributed by atoms with Crippen LogP contribution in [0.5, 0.6) is 0 Å². The van der Waals surface area contributed by atoms with E-state index in [-0.39, 0.29) is 17.5 Å². The SMILES string of the molecule is CN=C(NCCCS(=O)(=O)Cc1ccccc1)NC(C)c1cccc(N2CCCC2)c1. The van der Waals surface area contributed by atoms with Crippen LogP contribution >= 0.6 is 0 Å². The van der Waals surface area contributed by atoms with Gasteiger partial charge >= 0.3 is 0 Å². The summed E-state index contributed by atoms with van der Waals surface area (Å²) in [6, 6.07) is 18.1. The van der Waals surface area contributed by atoms with Crippen molar-refractivity contribution in [2.75, 3.05) is 37.3 Å². The molecule has 0 spiro atoms. The minimum Gasteiger partial charge on any atom is -0.372 e. The number of guanidine groups is 1. The molecule has 1 aliphatic heterocycles. The highest BCUT2D eigenvalue weighted by Crippen LogP contribution is 2.23. The number of hydrogen-bond donors (Lipinski definition) is 2. The summed E-state index contributed by atoms with van der Waals surface area (Å²) in [5.74, 6) is 0.921. The van der Waals surface area contributed by atoms with Gasteiger partial charge in [-0.05, 0) is 49.4 Å². The van der Waals surface area contributed by atoms with Crippen LogP contribution in [0.4, 0.5) is 5.69 Å². The van der Waals surface area contributed by atoms with E-state index < -0.39 is 9.84 Å². The first-order valence-electron chi connectivity index (χ1n) is 11.0. The molecule has 6 nitrogen and oxygen atoms in total. The number of rotatable bonds is 9. The molecule has 2 aromatic carbocycles. The second kappa shape index (κ2) is 11.2. The van der Waals surface area contributed by atoms with Crippen molar-refractivity contribution in [1.29, 1.82) is 0 Å². The minimum atomic E-state index is -3.12. The minimum absolute atomic E-state index is 0.0885. The predicted octanol–water partition coefficient (Wildman–Crippen LogP) is 3.52. The molecule has 0 aromatic heterocycles. The third kappa shape index (κ3) is 7.28. The van der Waals surface area contributed by atoms with Crippen LogP contribution in [0, 0.1) is 0 Å². The van der Waals surface area contributed by atoms with Crippen molar-refractivity contribution in [2.24, 2.45) is 4.99 Å². The van der Waals surface area contributed by atoms with E-state index in [9.17, 15) is 8.42 Å². The Morgan fingerprint density at radius 3 is 2.55 bits per heavy atom. The topological polar surface area (TPSA) is 73.8 Å². The monoisotopic (exact) mass is 442 g/mol. The van der Waals surface area contributed by atoms with Crippen LogP contribution in [-0.2, 0) is 15.6 Å². The molecule has 1 saturated heterocycles. The van der Waals surface area contributed by atoms with Crippen LogP contribution in [0.2, 0.25) is 0 Å². The zero-order valence-corrected chi connectivity index (χ0v) is 19.4. The number of sulfone groups is 1. The van der Waals surface area contributed by atoms with Gasteiger partial charge in [-0.3, -0.25) is 4.99 Å². The van der Waals surface area contributed by atoms with Crippen molar-refractivity contribution >= 4 is 21.5 Å². The average molecular weight is 443 g/mol. The zero-order chi connectivity index (χ0) is 22.1. The van der Waals surface area contributed by atoms with Crippen molar-refractivity contribution in [1.82, 2.24) is 10.6 Å². The molecule has 0 aliphatic carbocycles. The Bertz CT molecular complexity index is 955. The van der Waals surface area contributed by atoms with Gasteiger partial charge in [-0.2, -0.15) is 0 Å². The summed E-state index contributed by atoms with van der Waals surface area (Å²) in [7, 11) is -1.39. The molecule has 168 valence electrons. The molecule has 7 heteroatoms. The number of hydrogen-bond acceptors (Lipinski definition) is 4. The normalized spacial score (nSPS) is 15.7. The van der Waals surface area contributed by atoms with Gasteiger partial charge in [0.15, 0.2) is 15.8 Å². The number of nitrogens with zero attached hydrogens (tertiary/aromatic N) is 2. The fourth-order valence-electron chi connectivity index (χ4n) is 3.85. The van der Waals surface area contributed by atoms with Crippen LogP contribution in [-0.4, -0.2) is 46.8 Å². The van der Waals surface area contributed by atoms with Gasteiger partial charge in [0.2, 0.25) is 0 Å². The van der Waals surface area contributed by atoms with E-state index in [0.717, 1.165) is 18.7 Å². The van der Waals surface area contributed by atoms with E-state index >= 15 is 0 Å². The fraction of sp³-hybridized carbons (Fsp3) is 0.458. The third-order valence-electron chi connectivity index (χ3n) is 5.57. The number of aliphatic imine (C=N–C) groups is 1. The molecule has 0 saturated carbocycles. The van der Waals surface area contributed by atoms with E-state index in [1.807, 2.05) is 30.3 Å². The van der Waals surface area contributed by atoms with E-state index in [4.69, 9.17) is 0 Å². The fourth-order valence-corrected chi connectivity index (χ4v) is 5.28. The molecule has 1 heterocycles. The first kappa shape index (κ1) is 23.1. The Kier molecular flexibility index (Phi) is 8.35. The summed E-state index contributed by atoms with van der Waals surface area (Å²) >= 11 is 0. The Labute approximate surface area is 186 Å². The Morgan fingerprint density at radius 2 is 1.84 bits per heavy atom. The van der Waals surface area contributed by atoms with Gasteiger partial charge in [-0.15, -0.1) is 0 Å². The largest absolute Gasteiger partial charge is 0.372 e. The third-order valence-corrected chi connectivity index (χ3v) is 7.26. The van der Waals surface area contributed by atoms with Crippen molar-refractivity contribution in [3.8, 4) is 0 Å². The Balaban J connectivity index is 1.45. The van der Waals surface area contributed by atoms with Gasteiger partial charge in [0.1, 0.15) is 0 Å². The summed E-state index contributed by atoms with van der Waals surface area (Å²) in [6.45, 7) is 4.91. The second-order valence-corrected chi connectivity index (χ2v) is 10.3. The van der Waals surface area contributed by atoms with Crippen molar-refractivity contribution < 1.29 is 8.42 Å². The zero-order valence-electron chi connectivity index (χ0n) is 18.5. The highest BCUT2D eigenvalue weighted by atomic mass is 32.2. The lowest BCUT2D eigenvalue weighted by Crippen LogP contribution is -2.39. The molecule has 2 aromatic rings. The maximum atomic E-state index is 12.3. The van der Waals surface area contributed by atoms with Crippen LogP contribution in [0.1, 0.15) is 43.4 Å². The van der Waals surface area contributed by atoms with Crippen molar-refractivity contribution in [3.05, 3.63) is 65.7 Å². The smallest absolute Gasteiger partial charge is 0.191 e. The Hall–Kier alpha value is -2.54. The summed E-state index contributed by atoms with van der Waals surface area (Å²) in [4.78, 5) is 6.72. The van der Waals surface area contributed by atoms with E-state index in [1.165, 1.54) is 24.1 Å². The van der Waals surface area contributed by atoms with Gasteiger partial charge in [0, 0.05) is 32.4 Å². The van der Waals surface area contributed by atoms with Gasteiger partial charge in [-0.25, -0.2) is 8.42 Å². The first-order valence-corrected chi connectivity index (χ1v) is 12.9. The maximum absolute atomic E-state index is 12.3. The van der Waals surface area contributed by atoms with Gasteiger partial charge in [-0.1, -0.05) is 42.5 Å². The molecule has 0 amide bonds. The summed E-state index contributed by atoms with van der Waals surface area (Å²) in [6.07, 6.45) is 3.06. The highest BCUT2D eigenvalue weighted by molar-refractivity contribution is 7.90. The van der Waals surface area contributed by atoms with Crippen molar-refractivity contribution in [2.45, 2.75) is 38.0 Å². The lowest BCUT2D eigenvalue weighted by atomic mass is 10.1. The molecule has 2 N–H and O–H groups in total. The lowest BCUT2D eigenvalue weighted by molar-refractivity contribution is 0.591. The lowest BCUT2D eigenvalue weighted by Gasteiger charge is -2.22. The molecule has 1 unspecified atom stereocenters. The van der Waals surface area contributed by atoms with Crippen LogP contribution in [0.25, 0.3) is 0 Å². The summed E-state index contributed by atoms with van der Waals surface area (Å²) < 4.78 is 24.7. The Morgan fingerprint density at radius 1 is 1.10 bits per heavy atom. The summed E-state index contributed by atoms with van der Waals surface area (Å²) in [5, 5.41) is 6.65.